The van der Waals surface area contributed by atoms with E-state index in [2.05, 4.69) is 31.5 Å². The van der Waals surface area contributed by atoms with Crippen molar-refractivity contribution in [2.24, 2.45) is 0 Å². The Balaban J connectivity index is 1.29. The van der Waals surface area contributed by atoms with Gasteiger partial charge in [-0.05, 0) is 43.7 Å². The number of halogens is 1. The highest BCUT2D eigenvalue weighted by Gasteiger charge is 2.28. The molecule has 0 radical (unpaired) electrons. The first-order valence-corrected chi connectivity index (χ1v) is 9.76. The summed E-state index contributed by atoms with van der Waals surface area (Å²) in [4.78, 5) is 9.13. The van der Waals surface area contributed by atoms with Crippen LogP contribution in [0.25, 0.3) is 11.3 Å². The molecule has 4 aromatic heterocycles. The van der Waals surface area contributed by atoms with Crippen molar-refractivity contribution in [2.75, 3.05) is 5.32 Å². The normalized spacial score (nSPS) is 17.1. The van der Waals surface area contributed by atoms with E-state index in [9.17, 15) is 0 Å². The summed E-state index contributed by atoms with van der Waals surface area (Å²) in [6.07, 6.45) is 8.79. The van der Waals surface area contributed by atoms with Gasteiger partial charge < -0.3 is 5.32 Å². The maximum atomic E-state index is 6.25. The predicted molar refractivity (Wildman–Crippen MR) is 102 cm³/mol. The molecule has 0 amide bonds. The number of rotatable bonds is 5. The Morgan fingerprint density at radius 3 is 2.78 bits per heavy atom. The van der Waals surface area contributed by atoms with E-state index < -0.39 is 0 Å². The summed E-state index contributed by atoms with van der Waals surface area (Å²) in [5.41, 5.74) is 4.98. The average molecular weight is 380 g/mol. The second-order valence-corrected chi connectivity index (χ2v) is 7.88. The lowest BCUT2D eigenvalue weighted by atomic mass is 10.2. The Kier molecular flexibility index (Phi) is 3.23. The largest absolute Gasteiger partial charge is 0.364 e. The van der Waals surface area contributed by atoms with Gasteiger partial charge in [0.05, 0.1) is 30.3 Å². The van der Waals surface area contributed by atoms with E-state index in [0.29, 0.717) is 23.5 Å². The zero-order chi connectivity index (χ0) is 18.0. The Bertz CT molecular complexity index is 1170. The Hall–Kier alpha value is -2.67. The molecule has 0 aromatic carbocycles. The molecule has 2 aliphatic carbocycles. The molecular weight excluding hydrogens is 362 g/mol. The van der Waals surface area contributed by atoms with Crippen LogP contribution in [0.5, 0.6) is 0 Å². The first-order valence-electron chi connectivity index (χ1n) is 9.38. The molecule has 8 heteroatoms. The third-order valence-corrected chi connectivity index (χ3v) is 5.52. The number of nitrogens with zero attached hydrogens (tertiary/aromatic N) is 6. The van der Waals surface area contributed by atoms with Gasteiger partial charge in [-0.2, -0.15) is 14.7 Å². The van der Waals surface area contributed by atoms with E-state index in [-0.39, 0.29) is 0 Å². The maximum Gasteiger partial charge on any atom is 0.162 e. The fourth-order valence-electron chi connectivity index (χ4n) is 3.57. The van der Waals surface area contributed by atoms with Crippen molar-refractivity contribution in [3.63, 3.8) is 0 Å². The van der Waals surface area contributed by atoms with Gasteiger partial charge in [0.15, 0.2) is 11.3 Å². The number of hydrogen-bond donors (Lipinski definition) is 1. The molecule has 1 N–H and O–H groups in total. The lowest BCUT2D eigenvalue weighted by molar-refractivity contribution is 0.853. The van der Waals surface area contributed by atoms with Gasteiger partial charge in [-0.15, -0.1) is 0 Å². The summed E-state index contributed by atoms with van der Waals surface area (Å²) in [6.45, 7) is 0.566. The van der Waals surface area contributed by atoms with E-state index in [0.717, 1.165) is 28.5 Å². The van der Waals surface area contributed by atoms with Crippen LogP contribution in [0.2, 0.25) is 5.15 Å². The van der Waals surface area contributed by atoms with E-state index in [1.54, 1.807) is 6.07 Å². The number of fused-ring (bicyclic) bond motifs is 2. The van der Waals surface area contributed by atoms with Crippen LogP contribution in [0, 0.1) is 0 Å². The molecule has 2 aliphatic rings. The van der Waals surface area contributed by atoms with Crippen LogP contribution in [0.15, 0.2) is 30.6 Å². The number of hydrogen-bond acceptors (Lipinski definition) is 5. The van der Waals surface area contributed by atoms with Crippen LogP contribution in [0.1, 0.15) is 54.5 Å². The SMILES string of the molecule is Clc1cc(NCc2cn3nc(C4CC4)ccc3n2)n2ncc(C3CC3)c2n1. The molecule has 4 heterocycles. The summed E-state index contributed by atoms with van der Waals surface area (Å²) in [6, 6.07) is 5.94. The Labute approximate surface area is 160 Å². The van der Waals surface area contributed by atoms with E-state index in [1.165, 1.54) is 31.2 Å². The summed E-state index contributed by atoms with van der Waals surface area (Å²) >= 11 is 6.25. The number of imidazole rings is 1. The second-order valence-electron chi connectivity index (χ2n) is 7.49. The van der Waals surface area contributed by atoms with E-state index in [1.807, 2.05) is 27.5 Å². The minimum Gasteiger partial charge on any atom is -0.364 e. The van der Waals surface area contributed by atoms with Crippen molar-refractivity contribution in [1.82, 2.24) is 29.2 Å². The Morgan fingerprint density at radius 2 is 1.96 bits per heavy atom. The van der Waals surface area contributed by atoms with Gasteiger partial charge >= 0.3 is 0 Å². The zero-order valence-electron chi connectivity index (χ0n) is 14.6. The van der Waals surface area contributed by atoms with Crippen LogP contribution in [-0.4, -0.2) is 29.2 Å². The third kappa shape index (κ3) is 2.73. The average Bonchev–Trinajstić information content (AvgIpc) is 3.59. The van der Waals surface area contributed by atoms with Gasteiger partial charge in [0.25, 0.3) is 0 Å². The summed E-state index contributed by atoms with van der Waals surface area (Å²) in [5.74, 6) is 2.03. The minimum absolute atomic E-state index is 0.471. The van der Waals surface area contributed by atoms with Crippen LogP contribution >= 0.6 is 11.6 Å². The molecule has 0 aliphatic heterocycles. The number of anilines is 1. The number of aromatic nitrogens is 6. The van der Waals surface area contributed by atoms with Crippen LogP contribution in [-0.2, 0) is 6.54 Å². The molecule has 0 unspecified atom stereocenters. The third-order valence-electron chi connectivity index (χ3n) is 5.32. The monoisotopic (exact) mass is 379 g/mol. The molecule has 7 nitrogen and oxygen atoms in total. The van der Waals surface area contributed by atoms with Gasteiger partial charge in [0.1, 0.15) is 11.0 Å². The van der Waals surface area contributed by atoms with E-state index >= 15 is 0 Å². The lowest BCUT2D eigenvalue weighted by Crippen LogP contribution is -2.06. The van der Waals surface area contributed by atoms with E-state index in [4.69, 9.17) is 11.6 Å². The van der Waals surface area contributed by atoms with Crippen molar-refractivity contribution in [1.29, 1.82) is 0 Å². The summed E-state index contributed by atoms with van der Waals surface area (Å²) < 4.78 is 3.71. The molecule has 0 atom stereocenters. The molecule has 136 valence electrons. The van der Waals surface area contributed by atoms with Gasteiger partial charge in [0.2, 0.25) is 0 Å². The minimum atomic E-state index is 0.471. The highest BCUT2D eigenvalue weighted by Crippen LogP contribution is 2.42. The molecule has 0 saturated heterocycles. The Morgan fingerprint density at radius 1 is 1.11 bits per heavy atom. The standard InChI is InChI=1S/C19H18ClN7/c20-16-7-18(27-19(24-16)14(9-22-27)11-1-2-11)21-8-13-10-26-17(23-13)6-5-15(25-26)12-3-4-12/h5-7,9-12,21H,1-4,8H2. The molecule has 0 spiro atoms. The fourth-order valence-corrected chi connectivity index (χ4v) is 3.75. The van der Waals surface area contributed by atoms with Gasteiger partial charge in [0, 0.05) is 17.5 Å². The summed E-state index contributed by atoms with van der Waals surface area (Å²) in [7, 11) is 0. The lowest BCUT2D eigenvalue weighted by Gasteiger charge is -2.07. The van der Waals surface area contributed by atoms with Gasteiger partial charge in [-0.1, -0.05) is 11.6 Å². The molecule has 2 saturated carbocycles. The molecule has 2 fully saturated rings. The quantitative estimate of drug-likeness (QED) is 0.534. The van der Waals surface area contributed by atoms with Gasteiger partial charge in [-0.25, -0.2) is 14.5 Å². The smallest absolute Gasteiger partial charge is 0.162 e. The maximum absolute atomic E-state index is 6.25. The number of nitrogens with one attached hydrogen (secondary N) is 1. The van der Waals surface area contributed by atoms with Crippen molar-refractivity contribution in [2.45, 2.75) is 44.1 Å². The summed E-state index contributed by atoms with van der Waals surface area (Å²) in [5, 5.41) is 13.1. The van der Waals surface area contributed by atoms with Crippen LogP contribution < -0.4 is 5.32 Å². The molecular formula is C19H18ClN7. The van der Waals surface area contributed by atoms with Crippen LogP contribution in [0.4, 0.5) is 5.82 Å². The second kappa shape index (κ2) is 5.66. The van der Waals surface area contributed by atoms with Crippen molar-refractivity contribution < 1.29 is 0 Å². The van der Waals surface area contributed by atoms with Crippen LogP contribution in [0.3, 0.4) is 0 Å². The molecule has 6 rings (SSSR count). The van der Waals surface area contributed by atoms with Crippen molar-refractivity contribution in [3.8, 4) is 0 Å². The zero-order valence-corrected chi connectivity index (χ0v) is 15.4. The van der Waals surface area contributed by atoms with Gasteiger partial charge in [-0.3, -0.25) is 0 Å². The van der Waals surface area contributed by atoms with Crippen molar-refractivity contribution >= 4 is 28.7 Å². The fraction of sp³-hybridized carbons (Fsp3) is 0.368. The molecule has 27 heavy (non-hydrogen) atoms. The first kappa shape index (κ1) is 15.4. The molecule has 0 bridgehead atoms. The molecule has 4 aromatic rings. The van der Waals surface area contributed by atoms with Crippen molar-refractivity contribution in [3.05, 3.63) is 52.7 Å². The highest BCUT2D eigenvalue weighted by molar-refractivity contribution is 6.29. The predicted octanol–water partition coefficient (Wildman–Crippen LogP) is 3.79. The highest BCUT2D eigenvalue weighted by atomic mass is 35.5. The topological polar surface area (TPSA) is 72.4 Å². The first-order chi connectivity index (χ1) is 13.2.